The first-order valence-corrected chi connectivity index (χ1v) is 15.5. The average Bonchev–Trinajstić information content (AvgIpc) is 3.38. The third-order valence-electron chi connectivity index (χ3n) is 8.35. The summed E-state index contributed by atoms with van der Waals surface area (Å²) in [5.74, 6) is 0. The zero-order chi connectivity index (χ0) is 27.4. The van der Waals surface area contributed by atoms with Crippen molar-refractivity contribution in [2.75, 3.05) is 0 Å². The van der Waals surface area contributed by atoms with Crippen molar-refractivity contribution in [3.63, 3.8) is 0 Å². The lowest BCUT2D eigenvalue weighted by Gasteiger charge is -2.33. The molecule has 0 amide bonds. The van der Waals surface area contributed by atoms with Crippen molar-refractivity contribution in [3.05, 3.63) is 23.3 Å². The maximum atomic E-state index is 10.8. The third kappa shape index (κ3) is 9.48. The quantitative estimate of drug-likeness (QED) is 0.122. The molecule has 0 aliphatic carbocycles. The van der Waals surface area contributed by atoms with E-state index in [0.29, 0.717) is 0 Å². The molecule has 0 saturated carbocycles. The van der Waals surface area contributed by atoms with Gasteiger partial charge >= 0.3 is 0 Å². The first-order valence-electron chi connectivity index (χ1n) is 13.9. The predicted molar refractivity (Wildman–Crippen MR) is 158 cm³/mol. The number of rotatable bonds is 13. The van der Waals surface area contributed by atoms with Crippen LogP contribution in [0.5, 0.6) is 0 Å². The number of aliphatic hydroxyl groups is 2. The minimum Gasteiger partial charge on any atom is -0.390 e. The van der Waals surface area contributed by atoms with E-state index in [2.05, 4.69) is 99.4 Å². The van der Waals surface area contributed by atoms with E-state index < -0.39 is 23.4 Å². The van der Waals surface area contributed by atoms with Crippen LogP contribution in [0.2, 0.25) is 0 Å². The van der Waals surface area contributed by atoms with Crippen molar-refractivity contribution in [3.8, 4) is 0 Å². The molecule has 6 heteroatoms. The number of hydrogen-bond acceptors (Lipinski definition) is 4. The Hall–Kier alpha value is 0.280. The van der Waals surface area contributed by atoms with E-state index in [1.54, 1.807) is 0 Å². The highest BCUT2D eigenvalue weighted by molar-refractivity contribution is 9.10. The van der Waals surface area contributed by atoms with E-state index in [4.69, 9.17) is 9.47 Å². The van der Waals surface area contributed by atoms with Crippen LogP contribution in [-0.2, 0) is 9.47 Å². The smallest absolute Gasteiger partial charge is 0.0917 e. The van der Waals surface area contributed by atoms with Gasteiger partial charge in [-0.1, -0.05) is 55.2 Å². The van der Waals surface area contributed by atoms with Gasteiger partial charge in [-0.15, -0.1) is 0 Å². The molecular formula is C30H52Br2O4. The Balaban J connectivity index is 1.70. The van der Waals surface area contributed by atoms with Crippen LogP contribution in [0.3, 0.4) is 0 Å². The van der Waals surface area contributed by atoms with E-state index in [0.717, 1.165) is 64.2 Å². The number of halogens is 2. The second-order valence-corrected chi connectivity index (χ2v) is 16.9. The maximum Gasteiger partial charge on any atom is 0.0917 e. The summed E-state index contributed by atoms with van der Waals surface area (Å²) in [7, 11) is 0. The molecule has 2 aliphatic heterocycles. The Morgan fingerprint density at radius 1 is 0.806 bits per heavy atom. The van der Waals surface area contributed by atoms with Crippen molar-refractivity contribution in [2.45, 2.75) is 164 Å². The number of alkyl halides is 2. The fourth-order valence-electron chi connectivity index (χ4n) is 5.38. The molecule has 0 bridgehead atoms. The topological polar surface area (TPSA) is 58.9 Å². The molecule has 2 aliphatic rings. The first-order chi connectivity index (χ1) is 16.5. The molecule has 2 fully saturated rings. The van der Waals surface area contributed by atoms with Crippen LogP contribution in [0.25, 0.3) is 0 Å². The lowest BCUT2D eigenvalue weighted by molar-refractivity contribution is -0.112. The molecule has 2 N–H and O–H groups in total. The fraction of sp³-hybridized carbons (Fsp3) is 0.867. The molecule has 2 saturated heterocycles. The standard InChI is InChI=1S/C30H52Br2O4/c1-21(13-15-23(33)29(7)19-17-25(35-29)27(3,4)31)11-9-10-12-22(2)14-16-24(34)30(8)20-18-26(36-30)28(5,6)32/h11-12,23-26,33-34H,9-10,13-20H2,1-8H3/b21-11+,22-12+/t23-,24-,25?,26?,29+,30+/m0/s1. The molecule has 0 aromatic carbocycles. The summed E-state index contributed by atoms with van der Waals surface area (Å²) in [5, 5.41) is 21.7. The van der Waals surface area contributed by atoms with Crippen molar-refractivity contribution in [1.29, 1.82) is 0 Å². The normalized spacial score (nSPS) is 32.2. The largest absolute Gasteiger partial charge is 0.390 e. The van der Waals surface area contributed by atoms with Crippen molar-refractivity contribution in [1.82, 2.24) is 0 Å². The first kappa shape index (κ1) is 32.5. The van der Waals surface area contributed by atoms with E-state index in [1.807, 2.05) is 0 Å². The minimum atomic E-state index is -0.452. The summed E-state index contributed by atoms with van der Waals surface area (Å²) in [6, 6.07) is 0. The molecule has 4 nitrogen and oxygen atoms in total. The number of aliphatic hydroxyl groups excluding tert-OH is 2. The summed E-state index contributed by atoms with van der Waals surface area (Å²) in [5.41, 5.74) is 1.74. The predicted octanol–water partition coefficient (Wildman–Crippen LogP) is 8.16. The molecule has 0 aromatic heterocycles. The summed E-state index contributed by atoms with van der Waals surface area (Å²) in [4.78, 5) is 0. The van der Waals surface area contributed by atoms with E-state index in [9.17, 15) is 10.2 Å². The van der Waals surface area contributed by atoms with Crippen LogP contribution in [0.15, 0.2) is 23.3 Å². The zero-order valence-corrected chi connectivity index (χ0v) is 27.2. The SMILES string of the molecule is C/C(=C\CC/C=C(\C)CC[C@H](O)[C@@]1(C)CCC(C(C)(C)Br)O1)CC[C@H](O)[C@@]1(C)CCC(C(C)(C)Br)O1. The van der Waals surface area contributed by atoms with Gasteiger partial charge in [-0.05, 0) is 120 Å². The molecule has 2 rings (SSSR count). The van der Waals surface area contributed by atoms with Gasteiger partial charge in [0, 0.05) is 8.65 Å². The maximum absolute atomic E-state index is 10.8. The molecule has 2 unspecified atom stereocenters. The van der Waals surface area contributed by atoms with Gasteiger partial charge in [-0.3, -0.25) is 0 Å². The minimum absolute atomic E-state index is 0.0696. The van der Waals surface area contributed by atoms with Crippen LogP contribution in [0, 0.1) is 0 Å². The summed E-state index contributed by atoms with van der Waals surface area (Å²) >= 11 is 7.43. The number of hydrogen-bond donors (Lipinski definition) is 2. The van der Waals surface area contributed by atoms with Gasteiger partial charge in [0.25, 0.3) is 0 Å². The highest BCUT2D eigenvalue weighted by Crippen LogP contribution is 2.42. The van der Waals surface area contributed by atoms with Gasteiger partial charge in [0.1, 0.15) is 0 Å². The van der Waals surface area contributed by atoms with E-state index in [-0.39, 0.29) is 20.9 Å². The van der Waals surface area contributed by atoms with Crippen LogP contribution < -0.4 is 0 Å². The molecule has 36 heavy (non-hydrogen) atoms. The Bertz CT molecular complexity index is 702. The van der Waals surface area contributed by atoms with Gasteiger partial charge in [0.05, 0.1) is 35.6 Å². The van der Waals surface area contributed by atoms with Gasteiger partial charge in [-0.2, -0.15) is 0 Å². The molecule has 0 radical (unpaired) electrons. The zero-order valence-electron chi connectivity index (χ0n) is 24.0. The highest BCUT2D eigenvalue weighted by Gasteiger charge is 2.47. The Morgan fingerprint density at radius 3 is 1.42 bits per heavy atom. The Morgan fingerprint density at radius 2 is 1.14 bits per heavy atom. The Kier molecular flexibility index (Phi) is 11.8. The van der Waals surface area contributed by atoms with E-state index in [1.165, 1.54) is 11.1 Å². The molecule has 0 aromatic rings. The molecule has 210 valence electrons. The van der Waals surface area contributed by atoms with Crippen molar-refractivity contribution < 1.29 is 19.7 Å². The number of allylic oxidation sites excluding steroid dienone is 4. The van der Waals surface area contributed by atoms with Crippen LogP contribution in [0.4, 0.5) is 0 Å². The lowest BCUT2D eigenvalue weighted by Crippen LogP contribution is -2.42. The van der Waals surface area contributed by atoms with Gasteiger partial charge in [-0.25, -0.2) is 0 Å². The number of unbranched alkanes of at least 4 members (excludes halogenated alkanes) is 1. The Labute approximate surface area is 237 Å². The molecule has 6 atom stereocenters. The average molecular weight is 637 g/mol. The summed E-state index contributed by atoms with van der Waals surface area (Å²) < 4.78 is 12.4. The molecule has 2 heterocycles. The molecular weight excluding hydrogens is 584 g/mol. The van der Waals surface area contributed by atoms with Crippen molar-refractivity contribution in [2.24, 2.45) is 0 Å². The van der Waals surface area contributed by atoms with Crippen LogP contribution >= 0.6 is 31.9 Å². The second kappa shape index (κ2) is 13.1. The molecule has 0 spiro atoms. The van der Waals surface area contributed by atoms with E-state index >= 15 is 0 Å². The summed E-state index contributed by atoms with van der Waals surface area (Å²) in [6.07, 6.45) is 13.0. The van der Waals surface area contributed by atoms with Gasteiger partial charge in [0.15, 0.2) is 0 Å². The van der Waals surface area contributed by atoms with Gasteiger partial charge < -0.3 is 19.7 Å². The second-order valence-electron chi connectivity index (χ2n) is 12.8. The van der Waals surface area contributed by atoms with Crippen LogP contribution in [-0.4, -0.2) is 54.5 Å². The van der Waals surface area contributed by atoms with Crippen LogP contribution in [0.1, 0.15) is 120 Å². The summed E-state index contributed by atoms with van der Waals surface area (Å²) in [6.45, 7) is 17.0. The van der Waals surface area contributed by atoms with Gasteiger partial charge in [0.2, 0.25) is 0 Å². The lowest BCUT2D eigenvalue weighted by atomic mass is 9.90. The monoisotopic (exact) mass is 634 g/mol. The third-order valence-corrected chi connectivity index (χ3v) is 9.37. The number of ether oxygens (including phenoxy) is 2. The highest BCUT2D eigenvalue weighted by atomic mass is 79.9. The van der Waals surface area contributed by atoms with Crippen molar-refractivity contribution >= 4 is 31.9 Å². The fourth-order valence-corrected chi connectivity index (χ4v) is 6.03.